The van der Waals surface area contributed by atoms with Gasteiger partial charge in [0.05, 0.1) is 28.6 Å². The van der Waals surface area contributed by atoms with E-state index in [2.05, 4.69) is 40.2 Å². The third-order valence-corrected chi connectivity index (χ3v) is 8.72. The van der Waals surface area contributed by atoms with Gasteiger partial charge in [-0.25, -0.2) is 4.90 Å². The minimum atomic E-state index is -0.854. The summed E-state index contributed by atoms with van der Waals surface area (Å²) in [6.07, 6.45) is 1.95. The van der Waals surface area contributed by atoms with Crippen molar-refractivity contribution in [2.45, 2.75) is 18.3 Å². The lowest BCUT2D eigenvalue weighted by atomic mass is 9.47. The zero-order valence-corrected chi connectivity index (χ0v) is 21.7. The first kappa shape index (κ1) is 22.4. The summed E-state index contributed by atoms with van der Waals surface area (Å²) in [7, 11) is 0. The molecule has 2 amide bonds. The first-order chi connectivity index (χ1) is 18.0. The Labute approximate surface area is 223 Å². The first-order valence-electron chi connectivity index (χ1n) is 12.4. The van der Waals surface area contributed by atoms with Crippen LogP contribution >= 0.6 is 15.9 Å². The Kier molecular flexibility index (Phi) is 4.89. The molecule has 4 aromatic carbocycles. The SMILES string of the molecule is Cc1cccc(N=CC23c4ccccc4C(c4ccccc42)[C@@H]2C(=O)N(c4ccc(Br)cc4)C(=O)[C@@H]23)c1. The largest absolute Gasteiger partial charge is 0.274 e. The molecule has 0 saturated carbocycles. The average molecular weight is 547 g/mol. The van der Waals surface area contributed by atoms with Gasteiger partial charge in [0, 0.05) is 16.6 Å². The molecule has 1 fully saturated rings. The molecule has 0 N–H and O–H groups in total. The number of rotatable bonds is 3. The summed E-state index contributed by atoms with van der Waals surface area (Å²) in [6, 6.07) is 32.0. The van der Waals surface area contributed by atoms with Crippen LogP contribution in [0.15, 0.2) is 107 Å². The molecule has 4 aliphatic rings. The van der Waals surface area contributed by atoms with E-state index in [9.17, 15) is 9.59 Å². The third-order valence-electron chi connectivity index (χ3n) is 8.19. The number of anilines is 1. The van der Waals surface area contributed by atoms with Crippen molar-refractivity contribution in [3.05, 3.63) is 129 Å². The summed E-state index contributed by atoms with van der Waals surface area (Å²) < 4.78 is 0.898. The van der Waals surface area contributed by atoms with Gasteiger partial charge in [-0.1, -0.05) is 76.6 Å². The van der Waals surface area contributed by atoms with Crippen molar-refractivity contribution in [1.82, 2.24) is 0 Å². The summed E-state index contributed by atoms with van der Waals surface area (Å²) in [6.45, 7) is 2.04. The second-order valence-corrected chi connectivity index (χ2v) is 11.0. The van der Waals surface area contributed by atoms with Crippen molar-refractivity contribution in [3.63, 3.8) is 0 Å². The summed E-state index contributed by atoms with van der Waals surface area (Å²) in [4.78, 5) is 34.9. The van der Waals surface area contributed by atoms with Crippen molar-refractivity contribution < 1.29 is 9.59 Å². The van der Waals surface area contributed by atoms with E-state index in [1.54, 1.807) is 0 Å². The van der Waals surface area contributed by atoms with Crippen LogP contribution in [-0.2, 0) is 15.0 Å². The molecule has 4 aromatic rings. The summed E-state index contributed by atoms with van der Waals surface area (Å²) >= 11 is 3.46. The number of halogens is 1. The number of hydrogen-bond acceptors (Lipinski definition) is 3. The fraction of sp³-hybridized carbons (Fsp3) is 0.156. The lowest BCUT2D eigenvalue weighted by Crippen LogP contribution is -2.54. The number of carbonyl (C=O) groups is 2. The van der Waals surface area contributed by atoms with E-state index in [0.717, 1.165) is 38.0 Å². The van der Waals surface area contributed by atoms with Crippen molar-refractivity contribution in [2.24, 2.45) is 16.8 Å². The van der Waals surface area contributed by atoms with Crippen LogP contribution in [0.5, 0.6) is 0 Å². The predicted octanol–water partition coefficient (Wildman–Crippen LogP) is 6.71. The molecule has 0 unspecified atom stereocenters. The fourth-order valence-electron chi connectivity index (χ4n) is 6.78. The standard InChI is InChI=1S/C32H23BrN2O2/c1-19-7-6-8-21(17-19)34-18-32-25-11-4-2-9-23(25)27(24-10-3-5-12-26(24)32)28-29(32)31(37)35(30(28)36)22-15-13-20(33)14-16-22/h2-18,27-29H,1H3/t27?,28-,29+,32?/m0/s1. The molecule has 5 heteroatoms. The topological polar surface area (TPSA) is 49.7 Å². The molecular weight excluding hydrogens is 524 g/mol. The number of aryl methyl sites for hydroxylation is 1. The Morgan fingerprint density at radius 1 is 0.811 bits per heavy atom. The Morgan fingerprint density at radius 2 is 1.46 bits per heavy atom. The maximum atomic E-state index is 14.3. The number of hydrogen-bond donors (Lipinski definition) is 0. The molecule has 180 valence electrons. The van der Waals surface area contributed by atoms with Crippen LogP contribution in [0.1, 0.15) is 33.7 Å². The van der Waals surface area contributed by atoms with Crippen molar-refractivity contribution in [2.75, 3.05) is 4.90 Å². The van der Waals surface area contributed by atoms with Gasteiger partial charge in [-0.3, -0.25) is 14.6 Å². The molecule has 0 radical (unpaired) electrons. The van der Waals surface area contributed by atoms with Gasteiger partial charge < -0.3 is 0 Å². The smallest absolute Gasteiger partial charge is 0.239 e. The van der Waals surface area contributed by atoms with Crippen molar-refractivity contribution in [1.29, 1.82) is 0 Å². The van der Waals surface area contributed by atoms with Gasteiger partial charge in [0.1, 0.15) is 0 Å². The van der Waals surface area contributed by atoms with Crippen LogP contribution in [-0.4, -0.2) is 18.0 Å². The van der Waals surface area contributed by atoms with Crippen LogP contribution in [0.2, 0.25) is 0 Å². The number of nitrogens with zero attached hydrogens (tertiary/aromatic N) is 2. The highest BCUT2D eigenvalue weighted by Gasteiger charge is 2.67. The van der Waals surface area contributed by atoms with E-state index in [0.29, 0.717) is 5.69 Å². The highest BCUT2D eigenvalue weighted by atomic mass is 79.9. The summed E-state index contributed by atoms with van der Waals surface area (Å²) in [5.41, 5.74) is 6.04. The summed E-state index contributed by atoms with van der Waals surface area (Å²) in [5, 5.41) is 0. The van der Waals surface area contributed by atoms with E-state index in [-0.39, 0.29) is 17.7 Å². The number of benzene rings is 4. The molecule has 2 bridgehead atoms. The Balaban J connectivity index is 1.50. The highest BCUT2D eigenvalue weighted by Crippen LogP contribution is 2.63. The monoisotopic (exact) mass is 546 g/mol. The average Bonchev–Trinajstić information content (AvgIpc) is 3.19. The quantitative estimate of drug-likeness (QED) is 0.212. The first-order valence-corrected chi connectivity index (χ1v) is 13.2. The van der Waals surface area contributed by atoms with Crippen molar-refractivity contribution in [3.8, 4) is 0 Å². The van der Waals surface area contributed by atoms with E-state index in [1.165, 1.54) is 4.90 Å². The fourth-order valence-corrected chi connectivity index (χ4v) is 7.04. The van der Waals surface area contributed by atoms with Gasteiger partial charge >= 0.3 is 0 Å². The molecular formula is C32H23BrN2O2. The molecule has 0 spiro atoms. The Bertz CT molecular complexity index is 1580. The number of amides is 2. The van der Waals surface area contributed by atoms with Gasteiger partial charge in [-0.15, -0.1) is 0 Å². The van der Waals surface area contributed by atoms with Crippen LogP contribution in [0.3, 0.4) is 0 Å². The molecule has 1 saturated heterocycles. The number of aliphatic imine (C=N–C) groups is 1. The maximum absolute atomic E-state index is 14.3. The van der Waals surface area contributed by atoms with E-state index >= 15 is 0 Å². The van der Waals surface area contributed by atoms with Gasteiger partial charge in [0.15, 0.2) is 0 Å². The molecule has 4 nitrogen and oxygen atoms in total. The van der Waals surface area contributed by atoms with Crippen LogP contribution in [0.25, 0.3) is 0 Å². The molecule has 37 heavy (non-hydrogen) atoms. The molecule has 2 atom stereocenters. The number of carbonyl (C=O) groups excluding carboxylic acids is 2. The van der Waals surface area contributed by atoms with Gasteiger partial charge in [0.2, 0.25) is 11.8 Å². The van der Waals surface area contributed by atoms with Gasteiger partial charge in [0.25, 0.3) is 0 Å². The predicted molar refractivity (Wildman–Crippen MR) is 148 cm³/mol. The molecule has 0 aromatic heterocycles. The Morgan fingerprint density at radius 3 is 2.11 bits per heavy atom. The van der Waals surface area contributed by atoms with E-state index < -0.39 is 17.3 Å². The van der Waals surface area contributed by atoms with Gasteiger partial charge in [-0.05, 0) is 71.1 Å². The molecule has 1 heterocycles. The van der Waals surface area contributed by atoms with E-state index in [1.807, 2.05) is 85.9 Å². The zero-order chi connectivity index (χ0) is 25.3. The molecule has 1 aliphatic heterocycles. The molecule has 8 rings (SSSR count). The second-order valence-electron chi connectivity index (χ2n) is 10.1. The number of imide groups is 1. The third kappa shape index (κ3) is 3.04. The van der Waals surface area contributed by atoms with E-state index in [4.69, 9.17) is 4.99 Å². The lowest BCUT2D eigenvalue weighted by Gasteiger charge is -2.52. The van der Waals surface area contributed by atoms with Crippen LogP contribution < -0.4 is 4.90 Å². The maximum Gasteiger partial charge on any atom is 0.239 e. The normalized spacial score (nSPS) is 25.4. The minimum Gasteiger partial charge on any atom is -0.274 e. The Hall–Kier alpha value is -3.83. The summed E-state index contributed by atoms with van der Waals surface area (Å²) in [5.74, 6) is -1.55. The molecule has 3 aliphatic carbocycles. The van der Waals surface area contributed by atoms with Crippen LogP contribution in [0, 0.1) is 18.8 Å². The van der Waals surface area contributed by atoms with Crippen LogP contribution in [0.4, 0.5) is 11.4 Å². The van der Waals surface area contributed by atoms with Crippen molar-refractivity contribution >= 4 is 45.3 Å². The lowest BCUT2D eigenvalue weighted by molar-refractivity contribution is -0.122. The highest BCUT2D eigenvalue weighted by molar-refractivity contribution is 9.10. The second kappa shape index (κ2) is 8.09. The zero-order valence-electron chi connectivity index (χ0n) is 20.1. The minimum absolute atomic E-state index is 0.139. The van der Waals surface area contributed by atoms with Gasteiger partial charge in [-0.2, -0.15) is 0 Å².